The average Bonchev–Trinajstić information content (AvgIpc) is 2.61. The van der Waals surface area contributed by atoms with Crippen LogP contribution in [0.4, 0.5) is 5.69 Å². The van der Waals surface area contributed by atoms with Gasteiger partial charge in [-0.2, -0.15) is 0 Å². The summed E-state index contributed by atoms with van der Waals surface area (Å²) in [4.78, 5) is 16.8. The van der Waals surface area contributed by atoms with Crippen LogP contribution < -0.4 is 4.90 Å². The molecule has 2 atom stereocenters. The summed E-state index contributed by atoms with van der Waals surface area (Å²) in [6.45, 7) is 3.48. The molecule has 0 saturated carbocycles. The first kappa shape index (κ1) is 18.2. The van der Waals surface area contributed by atoms with Crippen LogP contribution in [0.1, 0.15) is 49.4 Å². The third kappa shape index (κ3) is 3.98. The molecular formula is C20H30N2O3. The number of aliphatic hydroxyl groups excluding tert-OH is 1. The SMILES string of the molecule is CC[C@H]1C[C@@H](O)CC2(CCN(C(=O)c3cccc(N(C)C)c3)CC2)O1. The molecule has 1 amide bonds. The summed E-state index contributed by atoms with van der Waals surface area (Å²) in [7, 11) is 3.95. The molecule has 2 saturated heterocycles. The predicted molar refractivity (Wildman–Crippen MR) is 99.0 cm³/mol. The number of benzene rings is 1. The number of anilines is 1. The average molecular weight is 346 g/mol. The number of piperidine rings is 1. The molecule has 0 aromatic heterocycles. The fourth-order valence-corrected chi connectivity index (χ4v) is 4.05. The molecule has 1 aromatic rings. The molecular weight excluding hydrogens is 316 g/mol. The van der Waals surface area contributed by atoms with Crippen molar-refractivity contribution >= 4 is 11.6 Å². The third-order valence-electron chi connectivity index (χ3n) is 5.59. The fourth-order valence-electron chi connectivity index (χ4n) is 4.05. The first-order valence-corrected chi connectivity index (χ1v) is 9.35. The number of rotatable bonds is 3. The van der Waals surface area contributed by atoms with E-state index < -0.39 is 0 Å². The second-order valence-corrected chi connectivity index (χ2v) is 7.66. The standard InChI is InChI=1S/C20H30N2O3/c1-4-18-13-17(23)14-20(25-18)8-10-22(11-9-20)19(24)15-6-5-7-16(12-15)21(2)3/h5-7,12,17-18,23H,4,8-11,13-14H2,1-3H3/t17-,18+/m1/s1. The van der Waals surface area contributed by atoms with E-state index in [0.29, 0.717) is 19.5 Å². The van der Waals surface area contributed by atoms with Crippen LogP contribution in [0, 0.1) is 0 Å². The monoisotopic (exact) mass is 346 g/mol. The summed E-state index contributed by atoms with van der Waals surface area (Å²) in [6.07, 6.45) is 3.83. The molecule has 2 heterocycles. The molecule has 1 N–H and O–H groups in total. The molecule has 2 fully saturated rings. The number of hydrogen-bond donors (Lipinski definition) is 1. The van der Waals surface area contributed by atoms with Crippen molar-refractivity contribution in [3.63, 3.8) is 0 Å². The molecule has 0 aliphatic carbocycles. The smallest absolute Gasteiger partial charge is 0.253 e. The van der Waals surface area contributed by atoms with Crippen LogP contribution in [0.25, 0.3) is 0 Å². The summed E-state index contributed by atoms with van der Waals surface area (Å²) in [6, 6.07) is 7.76. The van der Waals surface area contributed by atoms with Crippen molar-refractivity contribution in [1.29, 1.82) is 0 Å². The van der Waals surface area contributed by atoms with Crippen LogP contribution in [-0.4, -0.2) is 60.9 Å². The Labute approximate surface area is 150 Å². The Hall–Kier alpha value is -1.59. The molecule has 1 aromatic carbocycles. The maximum Gasteiger partial charge on any atom is 0.253 e. The van der Waals surface area contributed by atoms with Gasteiger partial charge in [0, 0.05) is 44.9 Å². The van der Waals surface area contributed by atoms with Crippen LogP contribution in [0.3, 0.4) is 0 Å². The number of likely N-dealkylation sites (tertiary alicyclic amines) is 1. The molecule has 3 rings (SSSR count). The Morgan fingerprint density at radius 1 is 1.36 bits per heavy atom. The van der Waals surface area contributed by atoms with Gasteiger partial charge in [-0.15, -0.1) is 0 Å². The minimum atomic E-state index is -0.280. The minimum absolute atomic E-state index is 0.0851. The highest BCUT2D eigenvalue weighted by molar-refractivity contribution is 5.95. The van der Waals surface area contributed by atoms with Gasteiger partial charge in [0.25, 0.3) is 5.91 Å². The lowest BCUT2D eigenvalue weighted by atomic mass is 9.81. The van der Waals surface area contributed by atoms with Gasteiger partial charge in [-0.25, -0.2) is 0 Å². The Bertz CT molecular complexity index is 609. The maximum atomic E-state index is 12.8. The van der Waals surface area contributed by atoms with E-state index in [1.807, 2.05) is 48.2 Å². The number of aliphatic hydroxyl groups is 1. The molecule has 0 unspecified atom stereocenters. The molecule has 5 nitrogen and oxygen atoms in total. The van der Waals surface area contributed by atoms with E-state index in [4.69, 9.17) is 4.74 Å². The van der Waals surface area contributed by atoms with Gasteiger partial charge >= 0.3 is 0 Å². The molecule has 2 aliphatic heterocycles. The minimum Gasteiger partial charge on any atom is -0.393 e. The van der Waals surface area contributed by atoms with E-state index in [2.05, 4.69) is 6.92 Å². The van der Waals surface area contributed by atoms with E-state index in [-0.39, 0.29) is 23.7 Å². The second kappa shape index (κ2) is 7.34. The van der Waals surface area contributed by atoms with E-state index in [1.54, 1.807) is 0 Å². The normalized spacial score (nSPS) is 25.8. The number of carbonyl (C=O) groups is 1. The van der Waals surface area contributed by atoms with Crippen molar-refractivity contribution in [3.05, 3.63) is 29.8 Å². The van der Waals surface area contributed by atoms with Crippen molar-refractivity contribution in [1.82, 2.24) is 4.90 Å². The van der Waals surface area contributed by atoms with Crippen molar-refractivity contribution in [2.75, 3.05) is 32.1 Å². The Morgan fingerprint density at radius 2 is 2.08 bits per heavy atom. The van der Waals surface area contributed by atoms with Gasteiger partial charge in [-0.3, -0.25) is 4.79 Å². The second-order valence-electron chi connectivity index (χ2n) is 7.66. The lowest BCUT2D eigenvalue weighted by Gasteiger charge is -2.47. The molecule has 0 radical (unpaired) electrons. The zero-order valence-electron chi connectivity index (χ0n) is 15.6. The maximum absolute atomic E-state index is 12.8. The highest BCUT2D eigenvalue weighted by Gasteiger charge is 2.43. The molecule has 138 valence electrons. The van der Waals surface area contributed by atoms with Gasteiger partial charge in [-0.05, 0) is 43.9 Å². The van der Waals surface area contributed by atoms with Crippen molar-refractivity contribution in [2.45, 2.75) is 56.8 Å². The first-order chi connectivity index (χ1) is 11.9. The van der Waals surface area contributed by atoms with Crippen LogP contribution in [0.5, 0.6) is 0 Å². The van der Waals surface area contributed by atoms with Gasteiger partial charge in [0.1, 0.15) is 0 Å². The van der Waals surface area contributed by atoms with E-state index in [9.17, 15) is 9.90 Å². The van der Waals surface area contributed by atoms with Gasteiger partial charge in [0.05, 0.1) is 17.8 Å². The summed E-state index contributed by atoms with van der Waals surface area (Å²) in [5.74, 6) is 0.0851. The van der Waals surface area contributed by atoms with Crippen molar-refractivity contribution in [3.8, 4) is 0 Å². The van der Waals surface area contributed by atoms with E-state index in [1.165, 1.54) is 0 Å². The van der Waals surface area contributed by atoms with E-state index in [0.717, 1.165) is 36.9 Å². The highest BCUT2D eigenvalue weighted by Crippen LogP contribution is 2.38. The third-order valence-corrected chi connectivity index (χ3v) is 5.59. The summed E-state index contributed by atoms with van der Waals surface area (Å²) >= 11 is 0. The largest absolute Gasteiger partial charge is 0.393 e. The fraction of sp³-hybridized carbons (Fsp3) is 0.650. The number of nitrogens with zero attached hydrogens (tertiary/aromatic N) is 2. The van der Waals surface area contributed by atoms with Crippen LogP contribution in [-0.2, 0) is 4.74 Å². The lowest BCUT2D eigenvalue weighted by molar-refractivity contribution is -0.179. The predicted octanol–water partition coefficient (Wildman–Crippen LogP) is 2.68. The van der Waals surface area contributed by atoms with Crippen LogP contribution in [0.15, 0.2) is 24.3 Å². The van der Waals surface area contributed by atoms with Gasteiger partial charge in [0.2, 0.25) is 0 Å². The number of hydrogen-bond acceptors (Lipinski definition) is 4. The number of carbonyl (C=O) groups excluding carboxylic acids is 1. The first-order valence-electron chi connectivity index (χ1n) is 9.35. The van der Waals surface area contributed by atoms with Crippen molar-refractivity contribution < 1.29 is 14.6 Å². The Kier molecular flexibility index (Phi) is 5.35. The highest BCUT2D eigenvalue weighted by atomic mass is 16.5. The van der Waals surface area contributed by atoms with Crippen LogP contribution in [0.2, 0.25) is 0 Å². The summed E-state index contributed by atoms with van der Waals surface area (Å²) < 4.78 is 6.31. The topological polar surface area (TPSA) is 53.0 Å². The number of ether oxygens (including phenoxy) is 1. The van der Waals surface area contributed by atoms with E-state index >= 15 is 0 Å². The van der Waals surface area contributed by atoms with Crippen LogP contribution >= 0.6 is 0 Å². The molecule has 1 spiro atoms. The van der Waals surface area contributed by atoms with Gasteiger partial charge in [0.15, 0.2) is 0 Å². The summed E-state index contributed by atoms with van der Waals surface area (Å²) in [5.41, 5.74) is 1.52. The van der Waals surface area contributed by atoms with Crippen molar-refractivity contribution in [2.24, 2.45) is 0 Å². The molecule has 2 aliphatic rings. The summed E-state index contributed by atoms with van der Waals surface area (Å²) in [5, 5.41) is 10.2. The molecule has 0 bridgehead atoms. The number of amides is 1. The quantitative estimate of drug-likeness (QED) is 0.914. The zero-order valence-corrected chi connectivity index (χ0v) is 15.6. The Balaban J connectivity index is 1.66. The molecule has 5 heteroatoms. The van der Waals surface area contributed by atoms with Gasteiger partial charge in [-0.1, -0.05) is 13.0 Å². The zero-order chi connectivity index (χ0) is 18.0. The Morgan fingerprint density at radius 3 is 2.72 bits per heavy atom. The van der Waals surface area contributed by atoms with Gasteiger partial charge < -0.3 is 19.6 Å². The lowest BCUT2D eigenvalue weighted by Crippen LogP contribution is -2.53. The molecule has 25 heavy (non-hydrogen) atoms.